The SMILES string of the molecule is O=C(NCC1(O)CCCCC1)Nc1ccc(-c2ncco2)cc1. The lowest BCUT2D eigenvalue weighted by Gasteiger charge is -2.32. The average Bonchev–Trinajstić information content (AvgIpc) is 3.09. The molecule has 2 aromatic rings. The zero-order valence-electron chi connectivity index (χ0n) is 12.9. The van der Waals surface area contributed by atoms with Gasteiger partial charge in [0.05, 0.1) is 11.8 Å². The molecule has 6 nitrogen and oxygen atoms in total. The summed E-state index contributed by atoms with van der Waals surface area (Å²) in [6, 6.07) is 6.92. The van der Waals surface area contributed by atoms with Crippen molar-refractivity contribution in [3.63, 3.8) is 0 Å². The van der Waals surface area contributed by atoms with Crippen molar-refractivity contribution in [2.24, 2.45) is 0 Å². The fraction of sp³-hybridized carbons (Fsp3) is 0.412. The lowest BCUT2D eigenvalue weighted by atomic mass is 9.85. The molecule has 6 heteroatoms. The molecule has 0 unspecified atom stereocenters. The second kappa shape index (κ2) is 6.83. The number of carbonyl (C=O) groups excluding carboxylic acids is 1. The van der Waals surface area contributed by atoms with Gasteiger partial charge in [0.2, 0.25) is 5.89 Å². The third-order valence-corrected chi connectivity index (χ3v) is 4.18. The van der Waals surface area contributed by atoms with Gasteiger partial charge in [-0.1, -0.05) is 19.3 Å². The third-order valence-electron chi connectivity index (χ3n) is 4.18. The monoisotopic (exact) mass is 315 g/mol. The molecule has 122 valence electrons. The standard InChI is InChI=1S/C17H21N3O3/c21-16(19-12-17(22)8-2-1-3-9-17)20-14-6-4-13(5-7-14)15-18-10-11-23-15/h4-7,10-11,22H,1-3,8-9,12H2,(H2,19,20,21). The zero-order valence-corrected chi connectivity index (χ0v) is 12.9. The van der Waals surface area contributed by atoms with E-state index in [1.807, 2.05) is 12.1 Å². The number of rotatable bonds is 4. The Morgan fingerprint density at radius 3 is 2.61 bits per heavy atom. The molecule has 1 aromatic heterocycles. The number of aliphatic hydroxyl groups is 1. The molecule has 3 N–H and O–H groups in total. The molecular weight excluding hydrogens is 294 g/mol. The fourth-order valence-electron chi connectivity index (χ4n) is 2.87. The van der Waals surface area contributed by atoms with Crippen LogP contribution in [0.15, 0.2) is 41.1 Å². The van der Waals surface area contributed by atoms with Crippen LogP contribution in [0.2, 0.25) is 0 Å². The van der Waals surface area contributed by atoms with Crippen molar-refractivity contribution in [3.8, 4) is 11.5 Å². The Balaban J connectivity index is 1.51. The lowest BCUT2D eigenvalue weighted by molar-refractivity contribution is 0.00755. The van der Waals surface area contributed by atoms with E-state index in [1.54, 1.807) is 18.3 Å². The molecule has 2 amide bonds. The van der Waals surface area contributed by atoms with Crippen LogP contribution in [-0.2, 0) is 0 Å². The Labute approximate surface area is 134 Å². The van der Waals surface area contributed by atoms with Gasteiger partial charge in [0.15, 0.2) is 0 Å². The van der Waals surface area contributed by atoms with E-state index >= 15 is 0 Å². The number of aromatic nitrogens is 1. The van der Waals surface area contributed by atoms with E-state index in [4.69, 9.17) is 4.42 Å². The smallest absolute Gasteiger partial charge is 0.319 e. The predicted octanol–water partition coefficient (Wildman–Crippen LogP) is 3.16. The van der Waals surface area contributed by atoms with Gasteiger partial charge in [-0.05, 0) is 37.1 Å². The highest BCUT2D eigenvalue weighted by molar-refractivity contribution is 5.89. The molecule has 1 aliphatic rings. The van der Waals surface area contributed by atoms with Gasteiger partial charge in [-0.15, -0.1) is 0 Å². The van der Waals surface area contributed by atoms with Crippen molar-refractivity contribution in [1.82, 2.24) is 10.3 Å². The summed E-state index contributed by atoms with van der Waals surface area (Å²) in [5.41, 5.74) is 0.760. The number of hydrogen-bond acceptors (Lipinski definition) is 4. The van der Waals surface area contributed by atoms with Crippen LogP contribution in [0.5, 0.6) is 0 Å². The molecule has 1 aliphatic carbocycles. The largest absolute Gasteiger partial charge is 0.445 e. The molecule has 1 heterocycles. The molecule has 0 aliphatic heterocycles. The Morgan fingerprint density at radius 2 is 1.96 bits per heavy atom. The van der Waals surface area contributed by atoms with Gasteiger partial charge < -0.3 is 20.2 Å². The van der Waals surface area contributed by atoms with E-state index < -0.39 is 5.60 Å². The van der Waals surface area contributed by atoms with Gasteiger partial charge in [-0.3, -0.25) is 0 Å². The van der Waals surface area contributed by atoms with E-state index in [0.29, 0.717) is 11.6 Å². The van der Waals surface area contributed by atoms with Crippen LogP contribution in [0.25, 0.3) is 11.5 Å². The highest BCUT2D eigenvalue weighted by Crippen LogP contribution is 2.27. The number of carbonyl (C=O) groups is 1. The van der Waals surface area contributed by atoms with E-state index in [9.17, 15) is 9.90 Å². The van der Waals surface area contributed by atoms with Gasteiger partial charge in [0, 0.05) is 17.8 Å². The quantitative estimate of drug-likeness (QED) is 0.809. The summed E-state index contributed by atoms with van der Waals surface area (Å²) < 4.78 is 5.22. The number of nitrogens with one attached hydrogen (secondary N) is 2. The summed E-state index contributed by atoms with van der Waals surface area (Å²) in [5, 5.41) is 15.9. The van der Waals surface area contributed by atoms with E-state index in [2.05, 4.69) is 15.6 Å². The summed E-state index contributed by atoms with van der Waals surface area (Å²) >= 11 is 0. The molecule has 23 heavy (non-hydrogen) atoms. The third kappa shape index (κ3) is 4.10. The minimum Gasteiger partial charge on any atom is -0.445 e. The molecule has 3 rings (SSSR count). The number of urea groups is 1. The molecular formula is C17H21N3O3. The Hall–Kier alpha value is -2.34. The zero-order chi connectivity index (χ0) is 16.1. The maximum atomic E-state index is 11.9. The van der Waals surface area contributed by atoms with Crippen LogP contribution in [0.1, 0.15) is 32.1 Å². The highest BCUT2D eigenvalue weighted by Gasteiger charge is 2.29. The summed E-state index contributed by atoms with van der Waals surface area (Å²) in [4.78, 5) is 16.0. The van der Waals surface area contributed by atoms with Crippen molar-refractivity contribution in [3.05, 3.63) is 36.7 Å². The number of amides is 2. The minimum atomic E-state index is -0.760. The Morgan fingerprint density at radius 1 is 1.22 bits per heavy atom. The predicted molar refractivity (Wildman–Crippen MR) is 87.0 cm³/mol. The van der Waals surface area contributed by atoms with Crippen molar-refractivity contribution in [2.45, 2.75) is 37.7 Å². The lowest BCUT2D eigenvalue weighted by Crippen LogP contribution is -2.45. The topological polar surface area (TPSA) is 87.4 Å². The van der Waals surface area contributed by atoms with E-state index in [-0.39, 0.29) is 12.6 Å². The van der Waals surface area contributed by atoms with Gasteiger partial charge in [0.25, 0.3) is 0 Å². The van der Waals surface area contributed by atoms with Crippen LogP contribution in [0.3, 0.4) is 0 Å². The van der Waals surface area contributed by atoms with Gasteiger partial charge in [-0.25, -0.2) is 9.78 Å². The minimum absolute atomic E-state index is 0.285. The molecule has 0 radical (unpaired) electrons. The van der Waals surface area contributed by atoms with Crippen LogP contribution >= 0.6 is 0 Å². The molecule has 1 fully saturated rings. The van der Waals surface area contributed by atoms with Crippen LogP contribution in [-0.4, -0.2) is 28.3 Å². The van der Waals surface area contributed by atoms with Gasteiger partial charge in [-0.2, -0.15) is 0 Å². The Bertz CT molecular complexity index is 632. The van der Waals surface area contributed by atoms with Gasteiger partial charge >= 0.3 is 6.03 Å². The summed E-state index contributed by atoms with van der Waals surface area (Å²) in [7, 11) is 0. The second-order valence-electron chi connectivity index (χ2n) is 6.01. The number of nitrogens with zero attached hydrogens (tertiary/aromatic N) is 1. The number of benzene rings is 1. The molecule has 1 saturated carbocycles. The first kappa shape index (κ1) is 15.6. The average molecular weight is 315 g/mol. The maximum Gasteiger partial charge on any atom is 0.319 e. The van der Waals surface area contributed by atoms with E-state index in [0.717, 1.165) is 37.7 Å². The van der Waals surface area contributed by atoms with Crippen molar-refractivity contribution in [1.29, 1.82) is 0 Å². The molecule has 1 aromatic carbocycles. The molecule has 0 bridgehead atoms. The van der Waals surface area contributed by atoms with Gasteiger partial charge in [0.1, 0.15) is 6.26 Å². The first-order chi connectivity index (χ1) is 11.1. The normalized spacial score (nSPS) is 16.7. The summed E-state index contributed by atoms with van der Waals surface area (Å²) in [5.74, 6) is 0.542. The number of hydrogen-bond donors (Lipinski definition) is 3. The summed E-state index contributed by atoms with van der Waals surface area (Å²) in [6.45, 7) is 0.285. The fourth-order valence-corrected chi connectivity index (χ4v) is 2.87. The molecule has 0 saturated heterocycles. The molecule has 0 atom stereocenters. The second-order valence-corrected chi connectivity index (χ2v) is 6.01. The number of anilines is 1. The maximum absolute atomic E-state index is 11.9. The highest BCUT2D eigenvalue weighted by atomic mass is 16.3. The van der Waals surface area contributed by atoms with Crippen LogP contribution in [0.4, 0.5) is 10.5 Å². The van der Waals surface area contributed by atoms with Crippen LogP contribution < -0.4 is 10.6 Å². The van der Waals surface area contributed by atoms with E-state index in [1.165, 1.54) is 6.26 Å². The number of oxazole rings is 1. The molecule has 0 spiro atoms. The first-order valence-corrected chi connectivity index (χ1v) is 7.92. The van der Waals surface area contributed by atoms with Crippen molar-refractivity contribution in [2.75, 3.05) is 11.9 Å². The first-order valence-electron chi connectivity index (χ1n) is 7.92. The van der Waals surface area contributed by atoms with Crippen molar-refractivity contribution >= 4 is 11.7 Å². The van der Waals surface area contributed by atoms with Crippen molar-refractivity contribution < 1.29 is 14.3 Å². The van der Waals surface area contributed by atoms with Crippen LogP contribution in [0, 0.1) is 0 Å². The summed E-state index contributed by atoms with van der Waals surface area (Å²) in [6.07, 6.45) is 7.79. The Kier molecular flexibility index (Phi) is 4.62.